The van der Waals surface area contributed by atoms with Gasteiger partial charge in [0.15, 0.2) is 5.78 Å². The zero-order valence-electron chi connectivity index (χ0n) is 6.09. The highest BCUT2D eigenvalue weighted by Crippen LogP contribution is 2.11. The lowest BCUT2D eigenvalue weighted by molar-refractivity contribution is 0.102. The van der Waals surface area contributed by atoms with Crippen LogP contribution in [0.15, 0.2) is 28.7 Å². The second kappa shape index (κ2) is 5.73. The van der Waals surface area contributed by atoms with Crippen LogP contribution in [0.1, 0.15) is 10.4 Å². The number of hydrogen-bond acceptors (Lipinski definition) is 1. The van der Waals surface area contributed by atoms with Crippen molar-refractivity contribution >= 4 is 50.1 Å². The third kappa shape index (κ3) is 3.25. The number of ketones is 1. The summed E-state index contributed by atoms with van der Waals surface area (Å²) in [6.45, 7) is 0. The smallest absolute Gasteiger partial charge is 0.173 e. The summed E-state index contributed by atoms with van der Waals surface area (Å²) in [5.74, 6) is 0.109. The molecule has 0 saturated carbocycles. The first kappa shape index (κ1) is 12.1. The van der Waals surface area contributed by atoms with Gasteiger partial charge in [-0.2, -0.15) is 0 Å². The molecule has 0 aliphatic heterocycles. The molecular weight excluding hydrogens is 307 g/mol. The first-order chi connectivity index (χ1) is 5.24. The predicted molar refractivity (Wildman–Crippen MR) is 59.5 cm³/mol. The zero-order chi connectivity index (χ0) is 8.27. The van der Waals surface area contributed by atoms with E-state index in [4.69, 9.17) is 0 Å². The van der Waals surface area contributed by atoms with E-state index in [0.29, 0.717) is 5.33 Å². The highest BCUT2D eigenvalue weighted by atomic mass is 79.9. The van der Waals surface area contributed by atoms with Gasteiger partial charge in [0, 0.05) is 10.0 Å². The van der Waals surface area contributed by atoms with Crippen LogP contribution in [-0.4, -0.2) is 11.1 Å². The highest BCUT2D eigenvalue weighted by molar-refractivity contribution is 9.10. The summed E-state index contributed by atoms with van der Waals surface area (Å²) in [6, 6.07) is 7.31. The van der Waals surface area contributed by atoms with E-state index >= 15 is 0 Å². The molecule has 0 aromatic heterocycles. The van der Waals surface area contributed by atoms with Gasteiger partial charge in [0.2, 0.25) is 0 Å². The fraction of sp³-hybridized carbons (Fsp3) is 0.125. The van der Waals surface area contributed by atoms with Crippen molar-refractivity contribution in [2.75, 3.05) is 5.33 Å². The summed E-state index contributed by atoms with van der Waals surface area (Å²) in [6.07, 6.45) is 0. The minimum Gasteiger partial charge on any atom is -0.293 e. The van der Waals surface area contributed by atoms with Crippen molar-refractivity contribution in [1.29, 1.82) is 0 Å². The van der Waals surface area contributed by atoms with Crippen LogP contribution in [0.5, 0.6) is 0 Å². The Balaban J connectivity index is 0.00000121. The van der Waals surface area contributed by atoms with Crippen LogP contribution >= 0.6 is 44.3 Å². The van der Waals surface area contributed by atoms with Crippen LogP contribution in [0.2, 0.25) is 0 Å². The Morgan fingerprint density at radius 3 is 2.17 bits per heavy atom. The maximum Gasteiger partial charge on any atom is 0.173 e. The SMILES string of the molecule is Cl.O=C(CBr)c1ccc(Br)cc1. The number of rotatable bonds is 2. The summed E-state index contributed by atoms with van der Waals surface area (Å²) >= 11 is 6.40. The lowest BCUT2D eigenvalue weighted by atomic mass is 10.2. The van der Waals surface area contributed by atoms with Gasteiger partial charge in [-0.05, 0) is 12.1 Å². The molecule has 0 unspecified atom stereocenters. The number of carbonyl (C=O) groups excluding carboxylic acids is 1. The fourth-order valence-corrected chi connectivity index (χ4v) is 1.30. The molecule has 1 nitrogen and oxygen atoms in total. The molecule has 12 heavy (non-hydrogen) atoms. The molecule has 1 rings (SSSR count). The van der Waals surface area contributed by atoms with Crippen molar-refractivity contribution in [3.05, 3.63) is 34.3 Å². The van der Waals surface area contributed by atoms with Gasteiger partial charge >= 0.3 is 0 Å². The summed E-state index contributed by atoms with van der Waals surface area (Å²) in [5, 5.41) is 0.384. The van der Waals surface area contributed by atoms with E-state index < -0.39 is 0 Å². The second-order valence-electron chi connectivity index (χ2n) is 2.06. The van der Waals surface area contributed by atoms with Gasteiger partial charge in [-0.3, -0.25) is 4.79 Å². The summed E-state index contributed by atoms with van der Waals surface area (Å²) in [5.41, 5.74) is 0.741. The van der Waals surface area contributed by atoms with Crippen LogP contribution in [0.25, 0.3) is 0 Å². The Labute approximate surface area is 94.2 Å². The van der Waals surface area contributed by atoms with E-state index in [-0.39, 0.29) is 18.2 Å². The minimum absolute atomic E-state index is 0. The highest BCUT2D eigenvalue weighted by Gasteiger charge is 2.01. The van der Waals surface area contributed by atoms with Gasteiger partial charge in [0.25, 0.3) is 0 Å². The second-order valence-corrected chi connectivity index (χ2v) is 3.54. The number of halogens is 3. The first-order valence-corrected chi connectivity index (χ1v) is 5.00. The average molecular weight is 314 g/mol. The first-order valence-electron chi connectivity index (χ1n) is 3.09. The summed E-state index contributed by atoms with van der Waals surface area (Å²) in [4.78, 5) is 11.1. The van der Waals surface area contributed by atoms with Crippen molar-refractivity contribution in [3.63, 3.8) is 0 Å². The van der Waals surface area contributed by atoms with E-state index in [1.807, 2.05) is 12.1 Å². The lowest BCUT2D eigenvalue weighted by Gasteiger charge is -1.95. The lowest BCUT2D eigenvalue weighted by Crippen LogP contribution is -1.98. The number of Topliss-reactive ketones (excluding diaryl/α,β-unsaturated/α-hetero) is 1. The van der Waals surface area contributed by atoms with Crippen molar-refractivity contribution in [2.24, 2.45) is 0 Å². The Morgan fingerprint density at radius 1 is 1.25 bits per heavy atom. The molecular formula is C8H7Br2ClO. The molecule has 0 spiro atoms. The molecule has 0 atom stereocenters. The molecule has 1 aromatic carbocycles. The van der Waals surface area contributed by atoms with E-state index in [2.05, 4.69) is 31.9 Å². The van der Waals surface area contributed by atoms with Crippen LogP contribution < -0.4 is 0 Å². The maximum absolute atomic E-state index is 11.1. The molecule has 4 heteroatoms. The quantitative estimate of drug-likeness (QED) is 0.603. The van der Waals surface area contributed by atoms with Gasteiger partial charge in [0.1, 0.15) is 0 Å². The standard InChI is InChI=1S/C8H6Br2O.ClH/c9-5-8(11)6-1-3-7(10)4-2-6;/h1-4H,5H2;1H. The number of carbonyl (C=O) groups is 1. The predicted octanol–water partition coefficient (Wildman–Crippen LogP) is 3.45. The molecule has 0 amide bonds. The van der Waals surface area contributed by atoms with Gasteiger partial charge < -0.3 is 0 Å². The third-order valence-corrected chi connectivity index (χ3v) is 2.33. The van der Waals surface area contributed by atoms with Crippen molar-refractivity contribution < 1.29 is 4.79 Å². The van der Waals surface area contributed by atoms with Gasteiger partial charge in [-0.25, -0.2) is 0 Å². The Morgan fingerprint density at radius 2 is 1.75 bits per heavy atom. The van der Waals surface area contributed by atoms with Crippen molar-refractivity contribution in [2.45, 2.75) is 0 Å². The van der Waals surface area contributed by atoms with Gasteiger partial charge in [-0.15, -0.1) is 12.4 Å². The average Bonchev–Trinajstić information content (AvgIpc) is 2.05. The Hall–Kier alpha value is 0.140. The van der Waals surface area contributed by atoms with Crippen LogP contribution in [0.4, 0.5) is 0 Å². The minimum atomic E-state index is 0. The molecule has 0 saturated heterocycles. The third-order valence-electron chi connectivity index (χ3n) is 1.29. The molecule has 0 radical (unpaired) electrons. The number of hydrogen-bond donors (Lipinski definition) is 0. The molecule has 0 bridgehead atoms. The van der Waals surface area contributed by atoms with Gasteiger partial charge in [0.05, 0.1) is 5.33 Å². The summed E-state index contributed by atoms with van der Waals surface area (Å²) in [7, 11) is 0. The molecule has 0 fully saturated rings. The largest absolute Gasteiger partial charge is 0.293 e. The normalized spacial score (nSPS) is 8.83. The Bertz CT molecular complexity index is 258. The maximum atomic E-state index is 11.1. The fourth-order valence-electron chi connectivity index (χ4n) is 0.713. The molecule has 0 aliphatic carbocycles. The van der Waals surface area contributed by atoms with Crippen LogP contribution in [-0.2, 0) is 0 Å². The Kier molecular flexibility index (Phi) is 5.80. The molecule has 66 valence electrons. The monoisotopic (exact) mass is 312 g/mol. The topological polar surface area (TPSA) is 17.1 Å². The van der Waals surface area contributed by atoms with E-state index in [1.165, 1.54) is 0 Å². The molecule has 0 aliphatic rings. The molecule has 1 aromatic rings. The van der Waals surface area contributed by atoms with Crippen LogP contribution in [0.3, 0.4) is 0 Å². The zero-order valence-corrected chi connectivity index (χ0v) is 10.1. The van der Waals surface area contributed by atoms with E-state index in [0.717, 1.165) is 10.0 Å². The number of benzene rings is 1. The molecule has 0 N–H and O–H groups in total. The van der Waals surface area contributed by atoms with E-state index in [1.54, 1.807) is 12.1 Å². The van der Waals surface area contributed by atoms with Gasteiger partial charge in [-0.1, -0.05) is 44.0 Å². The number of alkyl halides is 1. The van der Waals surface area contributed by atoms with E-state index in [9.17, 15) is 4.79 Å². The van der Waals surface area contributed by atoms with Crippen molar-refractivity contribution in [1.82, 2.24) is 0 Å². The van der Waals surface area contributed by atoms with Crippen LogP contribution in [0, 0.1) is 0 Å². The van der Waals surface area contributed by atoms with Crippen molar-refractivity contribution in [3.8, 4) is 0 Å². The molecule has 0 heterocycles. The summed E-state index contributed by atoms with van der Waals surface area (Å²) < 4.78 is 0.989.